The van der Waals surface area contributed by atoms with Gasteiger partial charge in [-0.15, -0.1) is 0 Å². The molecular weight excluding hydrogens is 308 g/mol. The van der Waals surface area contributed by atoms with Crippen molar-refractivity contribution in [3.05, 3.63) is 46.4 Å². The van der Waals surface area contributed by atoms with Crippen LogP contribution in [0.3, 0.4) is 0 Å². The van der Waals surface area contributed by atoms with Crippen LogP contribution in [0.5, 0.6) is 0 Å². The lowest BCUT2D eigenvalue weighted by Gasteiger charge is -2.13. The minimum absolute atomic E-state index is 0.152. The summed E-state index contributed by atoms with van der Waals surface area (Å²) in [4.78, 5) is 16.5. The van der Waals surface area contributed by atoms with Crippen molar-refractivity contribution in [2.75, 3.05) is 5.32 Å². The molecule has 0 saturated heterocycles. The highest BCUT2D eigenvalue weighted by Gasteiger charge is 2.10. The maximum Gasteiger partial charge on any atom is 0.241 e. The second-order valence-corrected chi connectivity index (χ2v) is 5.70. The Bertz CT molecular complexity index is 698. The second kappa shape index (κ2) is 6.19. The largest absolute Gasteiger partial charge is 0.351 e. The van der Waals surface area contributed by atoms with Crippen molar-refractivity contribution < 1.29 is 0 Å². The van der Waals surface area contributed by atoms with Crippen LogP contribution in [0.15, 0.2) is 35.5 Å². The molecular formula is C13H13ClN6S. The molecule has 0 radical (unpaired) electrons. The molecule has 8 heteroatoms. The highest BCUT2D eigenvalue weighted by atomic mass is 35.5. The van der Waals surface area contributed by atoms with Crippen LogP contribution in [-0.4, -0.2) is 30.5 Å². The third-order valence-corrected chi connectivity index (χ3v) is 3.73. The molecule has 0 spiro atoms. The van der Waals surface area contributed by atoms with Gasteiger partial charge in [-0.2, -0.15) is 26.3 Å². The summed E-state index contributed by atoms with van der Waals surface area (Å²) in [5.74, 6) is 0.902. The van der Waals surface area contributed by atoms with Gasteiger partial charge in [0.1, 0.15) is 6.33 Å². The van der Waals surface area contributed by atoms with E-state index in [4.69, 9.17) is 11.6 Å². The van der Waals surface area contributed by atoms with Crippen molar-refractivity contribution in [2.24, 2.45) is 0 Å². The molecule has 0 aromatic carbocycles. The summed E-state index contributed by atoms with van der Waals surface area (Å²) in [6, 6.07) is 2.30. The van der Waals surface area contributed by atoms with E-state index in [0.29, 0.717) is 11.9 Å². The molecule has 6 nitrogen and oxygen atoms in total. The van der Waals surface area contributed by atoms with Gasteiger partial charge in [0, 0.05) is 18.4 Å². The first-order chi connectivity index (χ1) is 10.2. The van der Waals surface area contributed by atoms with Crippen molar-refractivity contribution in [3.8, 4) is 5.95 Å². The number of nitrogens with one attached hydrogen (secondary N) is 1. The summed E-state index contributed by atoms with van der Waals surface area (Å²) < 4.78 is 1.68. The van der Waals surface area contributed by atoms with Gasteiger partial charge in [0.25, 0.3) is 0 Å². The van der Waals surface area contributed by atoms with Crippen molar-refractivity contribution in [3.63, 3.8) is 0 Å². The number of halogens is 1. The van der Waals surface area contributed by atoms with Crippen LogP contribution < -0.4 is 5.32 Å². The molecule has 1 atom stereocenters. The van der Waals surface area contributed by atoms with E-state index in [0.717, 1.165) is 6.42 Å². The van der Waals surface area contributed by atoms with E-state index in [2.05, 4.69) is 49.0 Å². The minimum Gasteiger partial charge on any atom is -0.351 e. The van der Waals surface area contributed by atoms with Crippen molar-refractivity contribution in [2.45, 2.75) is 19.4 Å². The zero-order chi connectivity index (χ0) is 14.7. The first-order valence-electron chi connectivity index (χ1n) is 6.38. The van der Waals surface area contributed by atoms with Crippen LogP contribution in [0.2, 0.25) is 5.28 Å². The Morgan fingerprint density at radius 2 is 2.29 bits per heavy atom. The molecule has 0 saturated carbocycles. The van der Waals surface area contributed by atoms with E-state index < -0.39 is 0 Å². The van der Waals surface area contributed by atoms with Gasteiger partial charge in [-0.05, 0) is 47.3 Å². The van der Waals surface area contributed by atoms with E-state index >= 15 is 0 Å². The van der Waals surface area contributed by atoms with E-state index in [1.54, 1.807) is 34.6 Å². The van der Waals surface area contributed by atoms with Crippen LogP contribution in [0.25, 0.3) is 5.95 Å². The minimum atomic E-state index is 0.152. The summed E-state index contributed by atoms with van der Waals surface area (Å²) in [6.45, 7) is 2.08. The second-order valence-electron chi connectivity index (χ2n) is 4.58. The summed E-state index contributed by atoms with van der Waals surface area (Å²) >= 11 is 7.65. The third kappa shape index (κ3) is 3.56. The van der Waals surface area contributed by atoms with Gasteiger partial charge in [0.2, 0.25) is 17.2 Å². The Labute approximate surface area is 130 Å². The lowest BCUT2D eigenvalue weighted by atomic mass is 10.1. The number of hydrogen-bond acceptors (Lipinski definition) is 6. The Hall–Kier alpha value is -1.99. The van der Waals surface area contributed by atoms with Crippen LogP contribution in [0.4, 0.5) is 5.95 Å². The number of nitrogens with zero attached hydrogens (tertiary/aromatic N) is 5. The number of thiophene rings is 1. The standard InChI is InChI=1S/C13H13ClN6S/c1-9(6-10-2-5-21-7-10)16-12-17-11(14)18-13(19-12)20-4-3-15-8-20/h2-5,7-9H,6H2,1H3,(H,16,17,18,19). The van der Waals surface area contributed by atoms with Gasteiger partial charge in [0.15, 0.2) is 0 Å². The van der Waals surface area contributed by atoms with E-state index in [9.17, 15) is 0 Å². The predicted octanol–water partition coefficient (Wildman–Crippen LogP) is 2.82. The molecule has 1 unspecified atom stereocenters. The first kappa shape index (κ1) is 14.0. The fourth-order valence-electron chi connectivity index (χ4n) is 1.93. The molecule has 0 aliphatic carbocycles. The monoisotopic (exact) mass is 320 g/mol. The predicted molar refractivity (Wildman–Crippen MR) is 83.1 cm³/mol. The van der Waals surface area contributed by atoms with Crippen LogP contribution in [0.1, 0.15) is 12.5 Å². The van der Waals surface area contributed by atoms with E-state index in [1.165, 1.54) is 5.56 Å². The van der Waals surface area contributed by atoms with Crippen LogP contribution in [-0.2, 0) is 6.42 Å². The number of hydrogen-bond donors (Lipinski definition) is 1. The Balaban J connectivity index is 1.76. The van der Waals surface area contributed by atoms with Gasteiger partial charge >= 0.3 is 0 Å². The SMILES string of the molecule is CC(Cc1ccsc1)Nc1nc(Cl)nc(-n2ccnc2)n1. The molecule has 108 valence electrons. The fourth-order valence-corrected chi connectivity index (χ4v) is 2.77. The molecule has 3 rings (SSSR count). The van der Waals surface area contributed by atoms with Gasteiger partial charge in [-0.3, -0.25) is 4.57 Å². The quantitative estimate of drug-likeness (QED) is 0.783. The van der Waals surface area contributed by atoms with Crippen LogP contribution >= 0.6 is 22.9 Å². The average Bonchev–Trinajstić information content (AvgIpc) is 3.10. The number of aromatic nitrogens is 5. The van der Waals surface area contributed by atoms with Crippen molar-refractivity contribution in [1.82, 2.24) is 24.5 Å². The lowest BCUT2D eigenvalue weighted by Crippen LogP contribution is -2.20. The molecule has 3 aromatic rings. The summed E-state index contributed by atoms with van der Waals surface area (Å²) in [7, 11) is 0. The molecule has 0 aliphatic rings. The average molecular weight is 321 g/mol. The molecule has 0 fully saturated rings. The first-order valence-corrected chi connectivity index (χ1v) is 7.70. The highest BCUT2D eigenvalue weighted by molar-refractivity contribution is 7.07. The fraction of sp³-hybridized carbons (Fsp3) is 0.231. The Morgan fingerprint density at radius 1 is 1.38 bits per heavy atom. The summed E-state index contributed by atoms with van der Waals surface area (Å²) in [5.41, 5.74) is 1.29. The molecule has 0 aliphatic heterocycles. The van der Waals surface area contributed by atoms with Gasteiger partial charge in [-0.1, -0.05) is 0 Å². The number of rotatable bonds is 5. The number of anilines is 1. The van der Waals surface area contributed by atoms with Gasteiger partial charge < -0.3 is 5.32 Å². The molecule has 0 amide bonds. The maximum absolute atomic E-state index is 5.96. The summed E-state index contributed by atoms with van der Waals surface area (Å²) in [5, 5.41) is 7.60. The molecule has 1 N–H and O–H groups in total. The normalized spacial score (nSPS) is 12.3. The maximum atomic E-state index is 5.96. The molecule has 3 aromatic heterocycles. The lowest BCUT2D eigenvalue weighted by molar-refractivity contribution is 0.771. The zero-order valence-corrected chi connectivity index (χ0v) is 12.8. The number of imidazole rings is 1. The van der Waals surface area contributed by atoms with E-state index in [-0.39, 0.29) is 11.3 Å². The highest BCUT2D eigenvalue weighted by Crippen LogP contribution is 2.13. The Morgan fingerprint density at radius 3 is 3.00 bits per heavy atom. The Kier molecular flexibility index (Phi) is 4.12. The van der Waals surface area contributed by atoms with Crippen LogP contribution in [0, 0.1) is 0 Å². The smallest absolute Gasteiger partial charge is 0.241 e. The molecule has 3 heterocycles. The van der Waals surface area contributed by atoms with Gasteiger partial charge in [0.05, 0.1) is 0 Å². The van der Waals surface area contributed by atoms with Crippen molar-refractivity contribution in [1.29, 1.82) is 0 Å². The van der Waals surface area contributed by atoms with E-state index in [1.807, 2.05) is 0 Å². The molecule has 0 bridgehead atoms. The third-order valence-electron chi connectivity index (χ3n) is 2.83. The molecule has 21 heavy (non-hydrogen) atoms. The topological polar surface area (TPSA) is 68.5 Å². The zero-order valence-electron chi connectivity index (χ0n) is 11.3. The van der Waals surface area contributed by atoms with Gasteiger partial charge in [-0.25, -0.2) is 4.98 Å². The summed E-state index contributed by atoms with van der Waals surface area (Å²) in [6.07, 6.45) is 5.92. The van der Waals surface area contributed by atoms with Crippen molar-refractivity contribution >= 4 is 28.9 Å².